The first-order valence-corrected chi connectivity index (χ1v) is 8.83. The van der Waals surface area contributed by atoms with Crippen molar-refractivity contribution in [3.8, 4) is 0 Å². The fourth-order valence-corrected chi connectivity index (χ4v) is 3.93. The Bertz CT molecular complexity index is 759. The molecule has 2 rings (SSSR count). The Hall–Kier alpha value is -1.78. The Morgan fingerprint density at radius 2 is 1.91 bits per heavy atom. The number of sulfonamides is 1. The highest BCUT2D eigenvalue weighted by Crippen LogP contribution is 2.19. The molecule has 0 saturated carbocycles. The minimum Gasteiger partial charge on any atom is -0.348 e. The molecule has 0 aliphatic heterocycles. The van der Waals surface area contributed by atoms with Crippen LogP contribution in [0.1, 0.15) is 18.3 Å². The van der Waals surface area contributed by atoms with E-state index >= 15 is 0 Å². The molecule has 22 heavy (non-hydrogen) atoms. The van der Waals surface area contributed by atoms with Gasteiger partial charge in [0.2, 0.25) is 15.4 Å². The third-order valence-electron chi connectivity index (χ3n) is 2.96. The zero-order valence-electron chi connectivity index (χ0n) is 12.5. The van der Waals surface area contributed by atoms with Crippen LogP contribution >= 0.6 is 11.3 Å². The van der Waals surface area contributed by atoms with Gasteiger partial charge in [-0.2, -0.15) is 0 Å². The van der Waals surface area contributed by atoms with E-state index in [0.717, 1.165) is 22.7 Å². The van der Waals surface area contributed by atoms with Crippen molar-refractivity contribution < 1.29 is 13.2 Å². The Morgan fingerprint density at radius 3 is 2.50 bits per heavy atom. The van der Waals surface area contributed by atoms with Crippen molar-refractivity contribution in [1.29, 1.82) is 0 Å². The normalized spacial score (nSPS) is 11.6. The molecule has 0 fully saturated rings. The maximum atomic E-state index is 12.1. The van der Waals surface area contributed by atoms with E-state index in [-0.39, 0.29) is 21.9 Å². The van der Waals surface area contributed by atoms with Gasteiger partial charge >= 0.3 is 0 Å². The molecule has 1 amide bonds. The monoisotopic (exact) mass is 343 g/mol. The second-order valence-corrected chi connectivity index (χ2v) is 7.64. The van der Waals surface area contributed by atoms with Crippen LogP contribution in [0.15, 0.2) is 16.5 Å². The number of hydrogen-bond acceptors (Lipinski definition) is 6. The van der Waals surface area contributed by atoms with Crippen molar-refractivity contribution >= 4 is 32.4 Å². The van der Waals surface area contributed by atoms with Crippen LogP contribution in [0.4, 0.5) is 5.13 Å². The molecule has 0 spiro atoms. The van der Waals surface area contributed by atoms with Crippen LogP contribution in [-0.2, 0) is 21.4 Å². The number of carbonyl (C=O) groups excluding carboxylic acids is 1. The van der Waals surface area contributed by atoms with Gasteiger partial charge in [-0.3, -0.25) is 4.79 Å². The highest BCUT2D eigenvalue weighted by molar-refractivity contribution is 7.91. The van der Waals surface area contributed by atoms with Crippen molar-refractivity contribution in [2.75, 3.05) is 11.9 Å². The Labute approximate surface area is 132 Å². The molecule has 0 saturated heterocycles. The fourth-order valence-electron chi connectivity index (χ4n) is 1.93. The van der Waals surface area contributed by atoms with Crippen LogP contribution in [0.5, 0.6) is 0 Å². The molecule has 0 aromatic carbocycles. The predicted octanol–water partition coefficient (Wildman–Crippen LogP) is 0.893. The largest absolute Gasteiger partial charge is 0.348 e. The van der Waals surface area contributed by atoms with E-state index in [1.165, 1.54) is 6.92 Å². The number of hydrogen-bond donors (Lipinski definition) is 2. The van der Waals surface area contributed by atoms with Gasteiger partial charge in [-0.25, -0.2) is 13.1 Å². The number of carbonyl (C=O) groups is 1. The summed E-state index contributed by atoms with van der Waals surface area (Å²) in [5.74, 6) is -0.327. The molecule has 0 radical (unpaired) electrons. The number of nitrogens with zero attached hydrogens (tertiary/aromatic N) is 3. The van der Waals surface area contributed by atoms with Gasteiger partial charge < -0.3 is 9.88 Å². The first kappa shape index (κ1) is 16.6. The van der Waals surface area contributed by atoms with Crippen molar-refractivity contribution in [3.63, 3.8) is 0 Å². The highest BCUT2D eigenvalue weighted by Gasteiger charge is 2.20. The van der Waals surface area contributed by atoms with E-state index in [1.54, 1.807) is 0 Å². The zero-order chi connectivity index (χ0) is 16.3. The van der Waals surface area contributed by atoms with Crippen molar-refractivity contribution in [2.24, 2.45) is 0 Å². The third-order valence-corrected chi connectivity index (χ3v) is 5.63. The van der Waals surface area contributed by atoms with Gasteiger partial charge in [0.05, 0.1) is 0 Å². The van der Waals surface area contributed by atoms with Crippen LogP contribution in [-0.4, -0.2) is 35.6 Å². The van der Waals surface area contributed by atoms with Gasteiger partial charge in [-0.05, 0) is 26.0 Å². The van der Waals surface area contributed by atoms with Crippen LogP contribution in [0.2, 0.25) is 0 Å². The molecule has 8 nitrogen and oxygen atoms in total. The number of aryl methyl sites for hydroxylation is 2. The average Bonchev–Trinajstić information content (AvgIpc) is 2.99. The van der Waals surface area contributed by atoms with Crippen LogP contribution in [0, 0.1) is 13.8 Å². The Morgan fingerprint density at radius 1 is 1.27 bits per heavy atom. The number of nitrogens with one attached hydrogen (secondary N) is 2. The van der Waals surface area contributed by atoms with Gasteiger partial charge in [0.25, 0.3) is 10.0 Å². The summed E-state index contributed by atoms with van der Waals surface area (Å²) in [7, 11) is -3.72. The first-order chi connectivity index (χ1) is 10.3. The summed E-state index contributed by atoms with van der Waals surface area (Å²) in [6, 6.07) is 3.96. The summed E-state index contributed by atoms with van der Waals surface area (Å²) in [6.07, 6.45) is 0. The van der Waals surface area contributed by atoms with Gasteiger partial charge in [0, 0.05) is 31.4 Å². The molecule has 0 aliphatic carbocycles. The molecule has 2 heterocycles. The van der Waals surface area contributed by atoms with Crippen molar-refractivity contribution in [2.45, 2.75) is 31.7 Å². The lowest BCUT2D eigenvalue weighted by Crippen LogP contribution is -2.27. The van der Waals surface area contributed by atoms with E-state index in [1.807, 2.05) is 30.5 Å². The summed E-state index contributed by atoms with van der Waals surface area (Å²) in [5.41, 5.74) is 2.14. The van der Waals surface area contributed by atoms with E-state index in [4.69, 9.17) is 0 Å². The minimum atomic E-state index is -3.72. The average molecular weight is 343 g/mol. The smallest absolute Gasteiger partial charge is 0.269 e. The third kappa shape index (κ3) is 3.90. The lowest BCUT2D eigenvalue weighted by molar-refractivity contribution is -0.114. The van der Waals surface area contributed by atoms with Crippen LogP contribution in [0.25, 0.3) is 0 Å². The molecule has 0 atom stereocenters. The maximum absolute atomic E-state index is 12.1. The molecular formula is C12H17N5O3S2. The summed E-state index contributed by atoms with van der Waals surface area (Å²) < 4.78 is 28.5. The summed E-state index contributed by atoms with van der Waals surface area (Å²) in [4.78, 5) is 10.9. The van der Waals surface area contributed by atoms with E-state index in [9.17, 15) is 13.2 Å². The topological polar surface area (TPSA) is 106 Å². The molecule has 0 bridgehead atoms. The fraction of sp³-hybridized carbons (Fsp3) is 0.417. The van der Waals surface area contributed by atoms with E-state index in [0.29, 0.717) is 6.54 Å². The molecule has 0 unspecified atom stereocenters. The molecule has 0 aliphatic rings. The lowest BCUT2D eigenvalue weighted by Gasteiger charge is -2.09. The summed E-state index contributed by atoms with van der Waals surface area (Å²) in [5, 5.41) is 9.77. The summed E-state index contributed by atoms with van der Waals surface area (Å²) in [6.45, 7) is 6.02. The molecule has 120 valence electrons. The molecule has 2 aromatic heterocycles. The van der Waals surface area contributed by atoms with E-state index < -0.39 is 10.0 Å². The van der Waals surface area contributed by atoms with Gasteiger partial charge in [-0.15, -0.1) is 10.2 Å². The van der Waals surface area contributed by atoms with Crippen LogP contribution < -0.4 is 10.0 Å². The second kappa shape index (κ2) is 6.55. The van der Waals surface area contributed by atoms with Gasteiger partial charge in [0.15, 0.2) is 0 Å². The first-order valence-electron chi connectivity index (χ1n) is 6.53. The van der Waals surface area contributed by atoms with Crippen molar-refractivity contribution in [1.82, 2.24) is 19.5 Å². The standard InChI is InChI=1S/C12H17N5O3S2/c1-8-4-5-9(2)17(8)7-6-13-22(19,20)12-16-15-11(21-12)14-10(3)18/h4-5,13H,6-7H2,1-3H3,(H,14,15,18). The Kier molecular flexibility index (Phi) is 4.94. The molecule has 2 aromatic rings. The quantitative estimate of drug-likeness (QED) is 0.758. The molecular weight excluding hydrogens is 326 g/mol. The number of anilines is 1. The predicted molar refractivity (Wildman–Crippen MR) is 83.3 cm³/mol. The number of amides is 1. The number of rotatable bonds is 6. The number of aromatic nitrogens is 3. The second-order valence-electron chi connectivity index (χ2n) is 4.72. The SMILES string of the molecule is CC(=O)Nc1nnc(S(=O)(=O)NCCn2c(C)ccc2C)s1. The molecule has 2 N–H and O–H groups in total. The summed E-state index contributed by atoms with van der Waals surface area (Å²) >= 11 is 0.811. The molecule has 10 heteroatoms. The van der Waals surface area contributed by atoms with Gasteiger partial charge in [-0.1, -0.05) is 11.3 Å². The Balaban J connectivity index is 1.99. The zero-order valence-corrected chi connectivity index (χ0v) is 14.1. The maximum Gasteiger partial charge on any atom is 0.269 e. The van der Waals surface area contributed by atoms with Crippen molar-refractivity contribution in [3.05, 3.63) is 23.5 Å². The minimum absolute atomic E-state index is 0.157. The highest BCUT2D eigenvalue weighted by atomic mass is 32.2. The van der Waals surface area contributed by atoms with Gasteiger partial charge in [0.1, 0.15) is 0 Å². The van der Waals surface area contributed by atoms with E-state index in [2.05, 4.69) is 20.2 Å². The van der Waals surface area contributed by atoms with Crippen LogP contribution in [0.3, 0.4) is 0 Å². The lowest BCUT2D eigenvalue weighted by atomic mass is 10.5.